The molecule has 2 unspecified atom stereocenters. The zero-order chi connectivity index (χ0) is 9.14. The van der Waals surface area contributed by atoms with E-state index in [0.29, 0.717) is 12.1 Å². The number of aliphatic hydroxyl groups is 1. The maximum atomic E-state index is 9.55. The van der Waals surface area contributed by atoms with Gasteiger partial charge in [-0.3, -0.25) is 4.90 Å². The molecular formula is C10H21NO. The molecule has 1 fully saturated rings. The van der Waals surface area contributed by atoms with Crippen LogP contribution in [-0.4, -0.2) is 34.7 Å². The molecule has 72 valence electrons. The summed E-state index contributed by atoms with van der Waals surface area (Å²) in [5.41, 5.74) is 0. The maximum Gasteiger partial charge on any atom is 0.0667 e. The van der Waals surface area contributed by atoms with Crippen molar-refractivity contribution in [3.05, 3.63) is 0 Å². The van der Waals surface area contributed by atoms with Crippen LogP contribution in [0.1, 0.15) is 40.0 Å². The Bertz CT molecular complexity index is 118. The highest BCUT2D eigenvalue weighted by Crippen LogP contribution is 2.21. The van der Waals surface area contributed by atoms with Crippen LogP contribution in [0.25, 0.3) is 0 Å². The molecule has 0 bridgehead atoms. The lowest BCUT2D eigenvalue weighted by Gasteiger charge is -2.40. The highest BCUT2D eigenvalue weighted by Gasteiger charge is 2.27. The third kappa shape index (κ3) is 2.20. The number of hydrogen-bond acceptors (Lipinski definition) is 2. The number of aliphatic hydroxyl groups excluding tert-OH is 1. The number of rotatable bonds is 2. The molecule has 0 aromatic carbocycles. The van der Waals surface area contributed by atoms with E-state index in [2.05, 4.69) is 18.7 Å². The average molecular weight is 171 g/mol. The third-order valence-electron chi connectivity index (χ3n) is 2.81. The molecule has 2 nitrogen and oxygen atoms in total. The minimum Gasteiger partial charge on any atom is -0.392 e. The van der Waals surface area contributed by atoms with Crippen LogP contribution in [0.15, 0.2) is 0 Å². The molecule has 12 heavy (non-hydrogen) atoms. The molecule has 1 saturated heterocycles. The molecule has 0 aromatic rings. The summed E-state index contributed by atoms with van der Waals surface area (Å²) in [6.45, 7) is 7.49. The fourth-order valence-corrected chi connectivity index (χ4v) is 2.14. The first kappa shape index (κ1) is 10.0. The van der Waals surface area contributed by atoms with Crippen molar-refractivity contribution in [3.8, 4) is 0 Å². The van der Waals surface area contributed by atoms with E-state index < -0.39 is 0 Å². The molecule has 0 aliphatic carbocycles. The Morgan fingerprint density at radius 3 is 2.33 bits per heavy atom. The van der Waals surface area contributed by atoms with Gasteiger partial charge in [0.15, 0.2) is 0 Å². The van der Waals surface area contributed by atoms with Crippen molar-refractivity contribution in [2.24, 2.45) is 0 Å². The first-order chi connectivity index (χ1) is 5.63. The predicted molar refractivity (Wildman–Crippen MR) is 51.2 cm³/mol. The maximum absolute atomic E-state index is 9.55. The molecule has 1 aliphatic heterocycles. The second-order valence-electron chi connectivity index (χ2n) is 4.14. The average Bonchev–Trinajstić information content (AvgIpc) is 2.04. The van der Waals surface area contributed by atoms with Gasteiger partial charge in [-0.25, -0.2) is 0 Å². The molecular weight excluding hydrogens is 150 g/mol. The van der Waals surface area contributed by atoms with Crippen molar-refractivity contribution < 1.29 is 5.11 Å². The van der Waals surface area contributed by atoms with Crippen LogP contribution in [0, 0.1) is 0 Å². The first-order valence-corrected chi connectivity index (χ1v) is 5.06. The van der Waals surface area contributed by atoms with Crippen molar-refractivity contribution in [3.63, 3.8) is 0 Å². The Balaban J connectivity index is 2.54. The monoisotopic (exact) mass is 171 g/mol. The van der Waals surface area contributed by atoms with Gasteiger partial charge < -0.3 is 5.11 Å². The number of hydrogen-bond donors (Lipinski definition) is 1. The number of likely N-dealkylation sites (tertiary alicyclic amines) is 1. The Kier molecular flexibility index (Phi) is 3.53. The summed E-state index contributed by atoms with van der Waals surface area (Å²) in [5.74, 6) is 0. The number of piperidine rings is 1. The van der Waals surface area contributed by atoms with E-state index in [1.54, 1.807) is 0 Å². The van der Waals surface area contributed by atoms with Crippen LogP contribution in [0.3, 0.4) is 0 Å². The van der Waals surface area contributed by atoms with Crippen LogP contribution in [0.2, 0.25) is 0 Å². The fraction of sp³-hybridized carbons (Fsp3) is 1.00. The lowest BCUT2D eigenvalue weighted by molar-refractivity contribution is 0.0183. The number of nitrogens with zero attached hydrogens (tertiary/aromatic N) is 1. The smallest absolute Gasteiger partial charge is 0.0667 e. The van der Waals surface area contributed by atoms with Crippen LogP contribution >= 0.6 is 0 Å². The van der Waals surface area contributed by atoms with Gasteiger partial charge in [-0.05, 0) is 40.2 Å². The molecule has 0 radical (unpaired) electrons. The van der Waals surface area contributed by atoms with Crippen LogP contribution < -0.4 is 0 Å². The van der Waals surface area contributed by atoms with Crippen molar-refractivity contribution >= 4 is 0 Å². The van der Waals surface area contributed by atoms with Crippen molar-refractivity contribution in [1.82, 2.24) is 4.90 Å². The Morgan fingerprint density at radius 2 is 1.92 bits per heavy atom. The lowest BCUT2D eigenvalue weighted by atomic mass is 9.97. The molecule has 1 aliphatic rings. The van der Waals surface area contributed by atoms with Crippen molar-refractivity contribution in [2.45, 2.75) is 58.2 Å². The van der Waals surface area contributed by atoms with E-state index in [0.717, 1.165) is 13.0 Å². The quantitative estimate of drug-likeness (QED) is 0.682. The standard InChI is InChI=1S/C10H21NO/c1-8(2)11-7-5-4-6-10(11)9(3)12/h8-10,12H,4-7H2,1-3H3. The summed E-state index contributed by atoms with van der Waals surface area (Å²) < 4.78 is 0. The van der Waals surface area contributed by atoms with Crippen LogP contribution in [0.4, 0.5) is 0 Å². The summed E-state index contributed by atoms with van der Waals surface area (Å²) in [5, 5.41) is 9.55. The van der Waals surface area contributed by atoms with E-state index in [4.69, 9.17) is 0 Å². The van der Waals surface area contributed by atoms with E-state index in [1.165, 1.54) is 12.8 Å². The summed E-state index contributed by atoms with van der Waals surface area (Å²) in [4.78, 5) is 2.42. The zero-order valence-electron chi connectivity index (χ0n) is 8.45. The summed E-state index contributed by atoms with van der Waals surface area (Å²) in [6.07, 6.45) is 3.56. The summed E-state index contributed by atoms with van der Waals surface area (Å²) in [6, 6.07) is 0.976. The second kappa shape index (κ2) is 4.24. The zero-order valence-corrected chi connectivity index (χ0v) is 8.45. The highest BCUT2D eigenvalue weighted by molar-refractivity contribution is 4.82. The molecule has 0 spiro atoms. The molecule has 1 heterocycles. The van der Waals surface area contributed by atoms with E-state index in [9.17, 15) is 5.11 Å². The molecule has 0 saturated carbocycles. The molecule has 1 N–H and O–H groups in total. The minimum absolute atomic E-state index is 0.173. The Hall–Kier alpha value is -0.0800. The van der Waals surface area contributed by atoms with Gasteiger partial charge in [-0.1, -0.05) is 6.42 Å². The lowest BCUT2D eigenvalue weighted by Crippen LogP contribution is -2.49. The summed E-state index contributed by atoms with van der Waals surface area (Å²) >= 11 is 0. The second-order valence-corrected chi connectivity index (χ2v) is 4.14. The van der Waals surface area contributed by atoms with E-state index >= 15 is 0 Å². The predicted octanol–water partition coefficient (Wildman–Crippen LogP) is 1.63. The SMILES string of the molecule is CC(O)C1CCCCN1C(C)C. The van der Waals surface area contributed by atoms with Gasteiger partial charge in [0.2, 0.25) is 0 Å². The van der Waals surface area contributed by atoms with Gasteiger partial charge in [0.05, 0.1) is 6.10 Å². The first-order valence-electron chi connectivity index (χ1n) is 5.06. The summed E-state index contributed by atoms with van der Waals surface area (Å²) in [7, 11) is 0. The largest absolute Gasteiger partial charge is 0.392 e. The van der Waals surface area contributed by atoms with E-state index in [1.807, 2.05) is 6.92 Å². The molecule has 1 rings (SSSR count). The molecule has 0 amide bonds. The van der Waals surface area contributed by atoms with Gasteiger partial charge in [0, 0.05) is 12.1 Å². The van der Waals surface area contributed by atoms with Gasteiger partial charge in [0.25, 0.3) is 0 Å². The van der Waals surface area contributed by atoms with Gasteiger partial charge in [0.1, 0.15) is 0 Å². The fourth-order valence-electron chi connectivity index (χ4n) is 2.14. The Morgan fingerprint density at radius 1 is 1.25 bits per heavy atom. The van der Waals surface area contributed by atoms with Gasteiger partial charge in [-0.15, -0.1) is 0 Å². The molecule has 2 heteroatoms. The van der Waals surface area contributed by atoms with E-state index in [-0.39, 0.29) is 6.10 Å². The van der Waals surface area contributed by atoms with Gasteiger partial charge >= 0.3 is 0 Å². The minimum atomic E-state index is -0.173. The molecule has 0 aromatic heterocycles. The third-order valence-corrected chi connectivity index (χ3v) is 2.81. The van der Waals surface area contributed by atoms with Crippen LogP contribution in [-0.2, 0) is 0 Å². The van der Waals surface area contributed by atoms with Gasteiger partial charge in [-0.2, -0.15) is 0 Å². The highest BCUT2D eigenvalue weighted by atomic mass is 16.3. The Labute approximate surface area is 75.6 Å². The normalized spacial score (nSPS) is 29.2. The topological polar surface area (TPSA) is 23.5 Å². The molecule has 2 atom stereocenters. The van der Waals surface area contributed by atoms with Crippen LogP contribution in [0.5, 0.6) is 0 Å². The van der Waals surface area contributed by atoms with Crippen molar-refractivity contribution in [1.29, 1.82) is 0 Å². The van der Waals surface area contributed by atoms with Crippen molar-refractivity contribution in [2.75, 3.05) is 6.54 Å².